The number of hydrogen-bond acceptors (Lipinski definition) is 8. The second-order valence-electron chi connectivity index (χ2n) is 4.63. The van der Waals surface area contributed by atoms with Crippen molar-refractivity contribution in [3.8, 4) is 11.5 Å². The number of hydrogen-bond donors (Lipinski definition) is 1. The molecule has 3 aromatic rings. The number of nitro groups is 1. The molecule has 0 radical (unpaired) electrons. The van der Waals surface area contributed by atoms with Crippen molar-refractivity contribution in [2.45, 2.75) is 4.90 Å². The van der Waals surface area contributed by atoms with E-state index in [1.165, 1.54) is 18.0 Å². The van der Waals surface area contributed by atoms with Gasteiger partial charge in [-0.1, -0.05) is 17.3 Å². The van der Waals surface area contributed by atoms with Gasteiger partial charge in [-0.15, -0.1) is 0 Å². The number of rotatable bonds is 6. The molecular weight excluding hydrogens is 334 g/mol. The molecule has 3 rings (SSSR count). The van der Waals surface area contributed by atoms with Crippen molar-refractivity contribution in [3.63, 3.8) is 0 Å². The summed E-state index contributed by atoms with van der Waals surface area (Å²) in [6.45, 7) is 0. The van der Waals surface area contributed by atoms with E-state index in [4.69, 9.17) is 14.0 Å². The fraction of sp³-hybridized carbons (Fsp3) is 0.133. The zero-order valence-corrected chi connectivity index (χ0v) is 13.6. The smallest absolute Gasteiger partial charge is 0.284 e. The highest BCUT2D eigenvalue weighted by molar-refractivity contribution is 8.00. The molecule has 8 nitrogen and oxygen atoms in total. The van der Waals surface area contributed by atoms with Gasteiger partial charge in [0, 0.05) is 6.07 Å². The number of non-ortho nitro benzene ring substituents is 1. The van der Waals surface area contributed by atoms with Crippen LogP contribution < -0.4 is 14.2 Å². The highest BCUT2D eigenvalue weighted by Gasteiger charge is 2.21. The van der Waals surface area contributed by atoms with E-state index in [0.717, 1.165) is 0 Å². The molecule has 124 valence electrons. The SMILES string of the molecule is COc1cccc(OC)c1SNc1noc2cccc([N+](=O)[O-])c12. The second-order valence-corrected chi connectivity index (χ2v) is 5.45. The normalized spacial score (nSPS) is 10.6. The van der Waals surface area contributed by atoms with Crippen LogP contribution in [-0.4, -0.2) is 24.3 Å². The minimum atomic E-state index is -0.473. The van der Waals surface area contributed by atoms with Crippen molar-refractivity contribution in [2.24, 2.45) is 0 Å². The maximum absolute atomic E-state index is 11.2. The third-order valence-electron chi connectivity index (χ3n) is 3.31. The van der Waals surface area contributed by atoms with Crippen LogP contribution in [0.2, 0.25) is 0 Å². The molecule has 0 bridgehead atoms. The van der Waals surface area contributed by atoms with Crippen LogP contribution in [-0.2, 0) is 0 Å². The monoisotopic (exact) mass is 347 g/mol. The lowest BCUT2D eigenvalue weighted by atomic mass is 10.2. The molecule has 0 saturated heterocycles. The Morgan fingerprint density at radius 1 is 1.17 bits per heavy atom. The summed E-state index contributed by atoms with van der Waals surface area (Å²) in [5, 5.41) is 15.4. The first-order valence-electron chi connectivity index (χ1n) is 6.82. The number of aromatic nitrogens is 1. The second kappa shape index (κ2) is 6.67. The van der Waals surface area contributed by atoms with Crippen LogP contribution in [0.25, 0.3) is 11.0 Å². The highest BCUT2D eigenvalue weighted by atomic mass is 32.2. The Bertz CT molecular complexity index is 874. The van der Waals surface area contributed by atoms with E-state index in [0.29, 0.717) is 27.4 Å². The lowest BCUT2D eigenvalue weighted by Gasteiger charge is -2.12. The molecule has 1 N–H and O–H groups in total. The first-order chi connectivity index (χ1) is 11.7. The van der Waals surface area contributed by atoms with Crippen molar-refractivity contribution in [3.05, 3.63) is 46.5 Å². The predicted octanol–water partition coefficient (Wildman–Crippen LogP) is 3.87. The quantitative estimate of drug-likeness (QED) is 0.407. The average Bonchev–Trinajstić information content (AvgIpc) is 3.02. The van der Waals surface area contributed by atoms with Gasteiger partial charge in [0.05, 0.1) is 19.1 Å². The molecule has 0 amide bonds. The summed E-state index contributed by atoms with van der Waals surface area (Å²) in [6.07, 6.45) is 0. The van der Waals surface area contributed by atoms with Crippen molar-refractivity contribution in [2.75, 3.05) is 18.9 Å². The number of ether oxygens (including phenoxy) is 2. The van der Waals surface area contributed by atoms with Gasteiger partial charge in [-0.25, -0.2) is 0 Å². The average molecular weight is 347 g/mol. The van der Waals surface area contributed by atoms with Gasteiger partial charge >= 0.3 is 0 Å². The van der Waals surface area contributed by atoms with Crippen molar-refractivity contribution >= 4 is 34.4 Å². The van der Waals surface area contributed by atoms with Crippen molar-refractivity contribution in [1.82, 2.24) is 5.16 Å². The van der Waals surface area contributed by atoms with Gasteiger partial charge in [-0.05, 0) is 30.1 Å². The number of nitro benzene ring substituents is 1. The number of anilines is 1. The maximum Gasteiger partial charge on any atom is 0.284 e. The first-order valence-corrected chi connectivity index (χ1v) is 7.64. The molecule has 0 unspecified atom stereocenters. The van der Waals surface area contributed by atoms with Gasteiger partial charge in [0.2, 0.25) is 0 Å². The molecule has 0 aliphatic heterocycles. The maximum atomic E-state index is 11.2. The Labute approximate surface area is 141 Å². The number of nitrogens with zero attached hydrogens (tertiary/aromatic N) is 2. The third kappa shape index (κ3) is 2.81. The molecule has 0 atom stereocenters. The summed E-state index contributed by atoms with van der Waals surface area (Å²) < 4.78 is 18.8. The number of methoxy groups -OCH3 is 2. The van der Waals surface area contributed by atoms with Gasteiger partial charge in [0.25, 0.3) is 5.69 Å². The van der Waals surface area contributed by atoms with E-state index in [1.54, 1.807) is 44.6 Å². The number of fused-ring (bicyclic) bond motifs is 1. The van der Waals surface area contributed by atoms with Crippen molar-refractivity contribution < 1.29 is 18.9 Å². The van der Waals surface area contributed by atoms with E-state index in [9.17, 15) is 10.1 Å². The first kappa shape index (κ1) is 15.9. The predicted molar refractivity (Wildman–Crippen MR) is 89.7 cm³/mol. The summed E-state index contributed by atoms with van der Waals surface area (Å²) in [5.74, 6) is 1.47. The van der Waals surface area contributed by atoms with Crippen molar-refractivity contribution in [1.29, 1.82) is 0 Å². The van der Waals surface area contributed by atoms with Crippen LogP contribution in [0, 0.1) is 10.1 Å². The van der Waals surface area contributed by atoms with E-state index in [1.807, 2.05) is 0 Å². The standard InChI is InChI=1S/C15H13N3O5S/c1-21-11-7-4-8-12(22-2)14(11)24-17-15-13-9(18(19)20)5-3-6-10(13)23-16-15/h3-8H,1-2H3,(H,16,17). The van der Waals surface area contributed by atoms with Gasteiger partial charge in [-0.2, -0.15) is 0 Å². The van der Waals surface area contributed by atoms with Gasteiger partial charge in [0.1, 0.15) is 21.8 Å². The molecule has 1 aromatic heterocycles. The molecule has 24 heavy (non-hydrogen) atoms. The molecule has 0 fully saturated rings. The Kier molecular flexibility index (Phi) is 4.43. The lowest BCUT2D eigenvalue weighted by molar-refractivity contribution is -0.383. The van der Waals surface area contributed by atoms with Gasteiger partial charge in [-0.3, -0.25) is 10.1 Å². The fourth-order valence-electron chi connectivity index (χ4n) is 2.21. The number of benzene rings is 2. The molecule has 9 heteroatoms. The van der Waals surface area contributed by atoms with Crippen LogP contribution in [0.15, 0.2) is 45.8 Å². The Morgan fingerprint density at radius 3 is 2.46 bits per heavy atom. The van der Waals surface area contributed by atoms with E-state index in [2.05, 4.69) is 9.88 Å². The zero-order chi connectivity index (χ0) is 17.1. The van der Waals surface area contributed by atoms with Crippen LogP contribution in [0.5, 0.6) is 11.5 Å². The molecule has 0 aliphatic rings. The number of nitrogens with one attached hydrogen (secondary N) is 1. The summed E-state index contributed by atoms with van der Waals surface area (Å²) in [6, 6.07) is 9.95. The van der Waals surface area contributed by atoms with E-state index >= 15 is 0 Å². The summed E-state index contributed by atoms with van der Waals surface area (Å²) in [7, 11) is 3.10. The summed E-state index contributed by atoms with van der Waals surface area (Å²) >= 11 is 1.17. The summed E-state index contributed by atoms with van der Waals surface area (Å²) in [4.78, 5) is 11.4. The molecule has 0 aliphatic carbocycles. The van der Waals surface area contributed by atoms with Crippen LogP contribution in [0.3, 0.4) is 0 Å². The van der Waals surface area contributed by atoms with Gasteiger partial charge < -0.3 is 18.7 Å². The Morgan fingerprint density at radius 2 is 1.83 bits per heavy atom. The molecule has 2 aromatic carbocycles. The van der Waals surface area contributed by atoms with Gasteiger partial charge in [0.15, 0.2) is 11.4 Å². The van der Waals surface area contributed by atoms with E-state index in [-0.39, 0.29) is 11.5 Å². The summed E-state index contributed by atoms with van der Waals surface area (Å²) in [5.41, 5.74) is 0.253. The Hall–Kier alpha value is -2.94. The minimum absolute atomic E-state index is 0.0798. The highest BCUT2D eigenvalue weighted by Crippen LogP contribution is 2.40. The van der Waals surface area contributed by atoms with Crippen LogP contribution >= 0.6 is 11.9 Å². The minimum Gasteiger partial charge on any atom is -0.495 e. The lowest BCUT2D eigenvalue weighted by Crippen LogP contribution is -1.95. The fourth-order valence-corrected chi connectivity index (χ4v) is 3.06. The molecular formula is C15H13N3O5S. The van der Waals surface area contributed by atoms with E-state index < -0.39 is 4.92 Å². The van der Waals surface area contributed by atoms with Crippen LogP contribution in [0.1, 0.15) is 0 Å². The van der Waals surface area contributed by atoms with Crippen LogP contribution in [0.4, 0.5) is 11.5 Å². The third-order valence-corrected chi connectivity index (χ3v) is 4.21. The molecule has 1 heterocycles. The topological polar surface area (TPSA) is 99.7 Å². The largest absolute Gasteiger partial charge is 0.495 e. The molecule has 0 saturated carbocycles. The molecule has 0 spiro atoms. The Balaban J connectivity index is 1.96. The zero-order valence-electron chi connectivity index (χ0n) is 12.8.